The summed E-state index contributed by atoms with van der Waals surface area (Å²) in [6.07, 6.45) is 0.798. The number of benzene rings is 2. The minimum Gasteiger partial charge on any atom is -0.340 e. The van der Waals surface area contributed by atoms with Crippen molar-refractivity contribution >= 4 is 24.4 Å². The van der Waals surface area contributed by atoms with Crippen LogP contribution in [0.4, 0.5) is 0 Å². The Morgan fingerprint density at radius 1 is 0.962 bits per heavy atom. The minimum atomic E-state index is 0.0330. The Morgan fingerprint density at radius 2 is 1.65 bits per heavy atom. The van der Waals surface area contributed by atoms with E-state index in [1.165, 1.54) is 0 Å². The molecule has 0 aliphatic carbocycles. The molecule has 0 unspecified atom stereocenters. The van der Waals surface area contributed by atoms with Crippen LogP contribution in [0.2, 0.25) is 0 Å². The molecule has 0 bridgehead atoms. The van der Waals surface area contributed by atoms with E-state index in [4.69, 9.17) is 0 Å². The van der Waals surface area contributed by atoms with Crippen molar-refractivity contribution in [3.8, 4) is 11.1 Å². The van der Waals surface area contributed by atoms with Gasteiger partial charge in [0.1, 0.15) is 0 Å². The van der Waals surface area contributed by atoms with Gasteiger partial charge in [0.05, 0.1) is 5.75 Å². The van der Waals surface area contributed by atoms with Crippen LogP contribution in [0, 0.1) is 6.92 Å². The highest BCUT2D eigenvalue weighted by atomic mass is 32.1. The highest BCUT2D eigenvalue weighted by molar-refractivity contribution is 7.81. The molecule has 0 aromatic heterocycles. The number of hydrogen-bond acceptors (Lipinski definition) is 3. The van der Waals surface area contributed by atoms with E-state index in [2.05, 4.69) is 24.8 Å². The van der Waals surface area contributed by atoms with Gasteiger partial charge in [0, 0.05) is 31.7 Å². The molecule has 26 heavy (non-hydrogen) atoms. The second kappa shape index (κ2) is 8.41. The molecule has 1 aliphatic rings. The summed E-state index contributed by atoms with van der Waals surface area (Å²) >= 11 is 4.06. The maximum atomic E-state index is 12.9. The van der Waals surface area contributed by atoms with E-state index in [1.807, 2.05) is 48.2 Å². The van der Waals surface area contributed by atoms with Crippen molar-refractivity contribution in [1.82, 2.24) is 9.80 Å². The average Bonchev–Trinajstić information content (AvgIpc) is 2.93. The number of amides is 2. The summed E-state index contributed by atoms with van der Waals surface area (Å²) in [5.74, 6) is 0.284. The van der Waals surface area contributed by atoms with Gasteiger partial charge in [-0.3, -0.25) is 9.59 Å². The highest BCUT2D eigenvalue weighted by Crippen LogP contribution is 2.24. The van der Waals surface area contributed by atoms with Crippen LogP contribution >= 0.6 is 12.6 Å². The molecule has 1 fully saturated rings. The molecule has 1 heterocycles. The zero-order chi connectivity index (χ0) is 18.5. The van der Waals surface area contributed by atoms with Gasteiger partial charge < -0.3 is 9.80 Å². The van der Waals surface area contributed by atoms with Gasteiger partial charge in [-0.25, -0.2) is 0 Å². The molecule has 3 rings (SSSR count). The first-order chi connectivity index (χ1) is 12.6. The Balaban J connectivity index is 1.74. The van der Waals surface area contributed by atoms with E-state index in [-0.39, 0.29) is 17.6 Å². The standard InChI is InChI=1S/C21H24N2O2S/c1-16-14-18(8-9-19(16)17-6-3-2-4-7-17)21(25)23-11-5-10-22(12-13-23)20(24)15-26/h2-4,6-9,14,26H,5,10-13,15H2,1H3. The van der Waals surface area contributed by atoms with Gasteiger partial charge in [0.2, 0.25) is 5.91 Å². The van der Waals surface area contributed by atoms with E-state index in [9.17, 15) is 9.59 Å². The molecule has 136 valence electrons. The lowest BCUT2D eigenvalue weighted by molar-refractivity contribution is -0.128. The maximum Gasteiger partial charge on any atom is 0.253 e. The SMILES string of the molecule is Cc1cc(C(=O)N2CCCN(C(=O)CS)CC2)ccc1-c1ccccc1. The Hall–Kier alpha value is -2.27. The summed E-state index contributed by atoms with van der Waals surface area (Å²) in [5, 5.41) is 0. The first-order valence-electron chi connectivity index (χ1n) is 8.94. The second-order valence-electron chi connectivity index (χ2n) is 6.58. The quantitative estimate of drug-likeness (QED) is 0.845. The fourth-order valence-corrected chi connectivity index (χ4v) is 3.59. The Labute approximate surface area is 160 Å². The number of carbonyl (C=O) groups excluding carboxylic acids is 2. The molecule has 0 radical (unpaired) electrons. The molecule has 1 saturated heterocycles. The van der Waals surface area contributed by atoms with Crippen molar-refractivity contribution in [3.05, 3.63) is 59.7 Å². The lowest BCUT2D eigenvalue weighted by atomic mass is 9.98. The normalized spacial score (nSPS) is 14.8. The van der Waals surface area contributed by atoms with Gasteiger partial charge in [0.15, 0.2) is 0 Å². The van der Waals surface area contributed by atoms with Gasteiger partial charge in [0.25, 0.3) is 5.91 Å². The fourth-order valence-electron chi connectivity index (χ4n) is 3.39. The third-order valence-electron chi connectivity index (χ3n) is 4.83. The van der Waals surface area contributed by atoms with Crippen LogP contribution < -0.4 is 0 Å². The third-order valence-corrected chi connectivity index (χ3v) is 5.10. The molecular weight excluding hydrogens is 344 g/mol. The van der Waals surface area contributed by atoms with E-state index in [1.54, 1.807) is 4.90 Å². The molecule has 2 amide bonds. The smallest absolute Gasteiger partial charge is 0.253 e. The van der Waals surface area contributed by atoms with Crippen LogP contribution in [0.1, 0.15) is 22.3 Å². The van der Waals surface area contributed by atoms with Crippen molar-refractivity contribution in [3.63, 3.8) is 0 Å². The Morgan fingerprint density at radius 3 is 2.35 bits per heavy atom. The van der Waals surface area contributed by atoms with Gasteiger partial charge in [-0.05, 0) is 42.2 Å². The average molecular weight is 369 g/mol. The Bertz CT molecular complexity index is 792. The maximum absolute atomic E-state index is 12.9. The van der Waals surface area contributed by atoms with E-state index in [0.29, 0.717) is 31.7 Å². The number of rotatable bonds is 3. The van der Waals surface area contributed by atoms with Gasteiger partial charge in [-0.15, -0.1) is 0 Å². The van der Waals surface area contributed by atoms with Crippen molar-refractivity contribution in [2.75, 3.05) is 31.9 Å². The summed E-state index contributed by atoms with van der Waals surface area (Å²) < 4.78 is 0. The molecule has 0 spiro atoms. The van der Waals surface area contributed by atoms with Gasteiger partial charge in [-0.2, -0.15) is 12.6 Å². The number of carbonyl (C=O) groups is 2. The number of thiol groups is 1. The predicted octanol–water partition coefficient (Wildman–Crippen LogP) is 3.27. The van der Waals surface area contributed by atoms with Crippen molar-refractivity contribution in [2.24, 2.45) is 0 Å². The molecule has 2 aromatic rings. The van der Waals surface area contributed by atoms with E-state index in [0.717, 1.165) is 23.1 Å². The molecular formula is C21H24N2O2S. The number of nitrogens with zero attached hydrogens (tertiary/aromatic N) is 2. The first kappa shape index (κ1) is 18.5. The van der Waals surface area contributed by atoms with Crippen LogP contribution in [0.5, 0.6) is 0 Å². The zero-order valence-electron chi connectivity index (χ0n) is 15.0. The fraction of sp³-hybridized carbons (Fsp3) is 0.333. The van der Waals surface area contributed by atoms with E-state index < -0.39 is 0 Å². The minimum absolute atomic E-state index is 0.0330. The van der Waals surface area contributed by atoms with Crippen LogP contribution in [0.3, 0.4) is 0 Å². The summed E-state index contributed by atoms with van der Waals surface area (Å²) in [6, 6.07) is 16.1. The third kappa shape index (κ3) is 4.10. The second-order valence-corrected chi connectivity index (χ2v) is 6.90. The number of hydrogen-bond donors (Lipinski definition) is 1. The van der Waals surface area contributed by atoms with Gasteiger partial charge in [-0.1, -0.05) is 36.4 Å². The lowest BCUT2D eigenvalue weighted by Gasteiger charge is -2.22. The van der Waals surface area contributed by atoms with Crippen LogP contribution in [-0.2, 0) is 4.79 Å². The van der Waals surface area contributed by atoms with Gasteiger partial charge >= 0.3 is 0 Å². The molecule has 4 nitrogen and oxygen atoms in total. The predicted molar refractivity (Wildman–Crippen MR) is 108 cm³/mol. The zero-order valence-corrected chi connectivity index (χ0v) is 15.9. The molecule has 2 aromatic carbocycles. The van der Waals surface area contributed by atoms with Crippen LogP contribution in [-0.4, -0.2) is 53.5 Å². The first-order valence-corrected chi connectivity index (χ1v) is 9.57. The van der Waals surface area contributed by atoms with Crippen molar-refractivity contribution in [1.29, 1.82) is 0 Å². The topological polar surface area (TPSA) is 40.6 Å². The molecule has 0 saturated carbocycles. The highest BCUT2D eigenvalue weighted by Gasteiger charge is 2.22. The molecule has 5 heteroatoms. The molecule has 1 aliphatic heterocycles. The molecule has 0 N–H and O–H groups in total. The summed E-state index contributed by atoms with van der Waals surface area (Å²) in [7, 11) is 0. The monoisotopic (exact) mass is 368 g/mol. The summed E-state index contributed by atoms with van der Waals surface area (Å²) in [5.41, 5.74) is 4.09. The largest absolute Gasteiger partial charge is 0.340 e. The van der Waals surface area contributed by atoms with Crippen molar-refractivity contribution < 1.29 is 9.59 Å². The lowest BCUT2D eigenvalue weighted by Crippen LogP contribution is -2.37. The van der Waals surface area contributed by atoms with E-state index >= 15 is 0 Å². The van der Waals surface area contributed by atoms with Crippen LogP contribution in [0.25, 0.3) is 11.1 Å². The summed E-state index contributed by atoms with van der Waals surface area (Å²) in [6.45, 7) is 4.54. The Kier molecular flexibility index (Phi) is 5.99. The van der Waals surface area contributed by atoms with Crippen LogP contribution in [0.15, 0.2) is 48.5 Å². The van der Waals surface area contributed by atoms with Crippen molar-refractivity contribution in [2.45, 2.75) is 13.3 Å². The summed E-state index contributed by atoms with van der Waals surface area (Å²) in [4.78, 5) is 28.4. The molecule has 0 atom stereocenters. The number of aryl methyl sites for hydroxylation is 1.